The number of halogens is 1. The summed E-state index contributed by atoms with van der Waals surface area (Å²) in [5.41, 5.74) is 0.568. The summed E-state index contributed by atoms with van der Waals surface area (Å²) in [5.74, 6) is 1.19. The van der Waals surface area contributed by atoms with Crippen molar-refractivity contribution in [2.45, 2.75) is 24.9 Å². The number of hydrogen-bond acceptors (Lipinski definition) is 7. The Kier molecular flexibility index (Phi) is 3.70. The van der Waals surface area contributed by atoms with Gasteiger partial charge in [-0.3, -0.25) is 4.57 Å². The van der Waals surface area contributed by atoms with E-state index >= 15 is 0 Å². The molecular formula is C12H16ClN5O3. The van der Waals surface area contributed by atoms with Gasteiger partial charge < -0.3 is 19.8 Å². The number of ether oxygens (including phenoxy) is 1. The van der Waals surface area contributed by atoms with Gasteiger partial charge in [-0.15, -0.1) is 0 Å². The van der Waals surface area contributed by atoms with Crippen molar-refractivity contribution >= 4 is 17.4 Å². The molecule has 3 rings (SSSR count). The van der Waals surface area contributed by atoms with E-state index in [-0.39, 0.29) is 11.9 Å². The predicted octanol–water partition coefficient (Wildman–Crippen LogP) is 0.138. The summed E-state index contributed by atoms with van der Waals surface area (Å²) in [7, 11) is 3.73. The molecule has 0 aliphatic carbocycles. The molecule has 0 saturated carbocycles. The van der Waals surface area contributed by atoms with Crippen molar-refractivity contribution in [3.63, 3.8) is 0 Å². The minimum atomic E-state index is -0.715. The van der Waals surface area contributed by atoms with Crippen LogP contribution in [0.4, 0.5) is 5.82 Å². The van der Waals surface area contributed by atoms with Gasteiger partial charge in [-0.25, -0.2) is 9.97 Å². The maximum Gasteiger partial charge on any atom is 0.225 e. The van der Waals surface area contributed by atoms with Crippen LogP contribution in [0.1, 0.15) is 12.6 Å². The third-order valence-corrected chi connectivity index (χ3v) is 3.66. The van der Waals surface area contributed by atoms with Crippen LogP contribution in [0.5, 0.6) is 0 Å². The standard InChI is InChI=1S/C12H16ClN5O3/c1-17(2)11-9-10(16-12(13)15-9)14-5-18(11)8-3-6(20)7(4-19)21-8/h5-8,19-20H,3-4H2,1-2H3/t6-,7+,8?/m0/s1. The van der Waals surface area contributed by atoms with E-state index in [1.165, 1.54) is 0 Å². The van der Waals surface area contributed by atoms with Gasteiger partial charge >= 0.3 is 0 Å². The van der Waals surface area contributed by atoms with Gasteiger partial charge in [0, 0.05) is 20.5 Å². The number of hydrogen-bond donors (Lipinski definition) is 2. The zero-order chi connectivity index (χ0) is 15.1. The molecule has 3 atom stereocenters. The van der Waals surface area contributed by atoms with E-state index in [9.17, 15) is 10.2 Å². The van der Waals surface area contributed by atoms with Crippen molar-refractivity contribution in [3.05, 3.63) is 11.6 Å². The molecule has 1 fully saturated rings. The molecule has 0 aromatic carbocycles. The van der Waals surface area contributed by atoms with Gasteiger partial charge in [0.2, 0.25) is 5.28 Å². The molecule has 0 amide bonds. The van der Waals surface area contributed by atoms with Crippen molar-refractivity contribution in [3.8, 4) is 11.5 Å². The highest BCUT2D eigenvalue weighted by atomic mass is 35.5. The molecule has 3 aliphatic rings. The Morgan fingerprint density at radius 3 is 2.86 bits per heavy atom. The van der Waals surface area contributed by atoms with E-state index in [1.807, 2.05) is 19.0 Å². The topological polar surface area (TPSA) is 96.5 Å². The molecule has 0 spiro atoms. The van der Waals surface area contributed by atoms with Crippen LogP contribution < -0.4 is 4.90 Å². The van der Waals surface area contributed by atoms with Gasteiger partial charge in [0.1, 0.15) is 24.5 Å². The van der Waals surface area contributed by atoms with E-state index in [2.05, 4.69) is 15.0 Å². The summed E-state index contributed by atoms with van der Waals surface area (Å²) in [6, 6.07) is 0. The molecule has 1 unspecified atom stereocenters. The smallest absolute Gasteiger partial charge is 0.225 e. The number of anilines is 1. The molecule has 0 aromatic rings. The Balaban J connectivity index is 2.06. The van der Waals surface area contributed by atoms with Gasteiger partial charge in [0.15, 0.2) is 11.5 Å². The van der Waals surface area contributed by atoms with Crippen LogP contribution in [0.2, 0.25) is 5.28 Å². The lowest BCUT2D eigenvalue weighted by Crippen LogP contribution is -2.25. The Bertz CT molecular complexity index is 619. The molecule has 3 heterocycles. The monoisotopic (exact) mass is 313 g/mol. The lowest BCUT2D eigenvalue weighted by molar-refractivity contribution is -0.0442. The second-order valence-corrected chi connectivity index (χ2v) is 5.49. The fourth-order valence-corrected chi connectivity index (χ4v) is 2.71. The van der Waals surface area contributed by atoms with Crippen molar-refractivity contribution in [1.82, 2.24) is 19.5 Å². The van der Waals surface area contributed by atoms with E-state index in [0.717, 1.165) is 5.82 Å². The minimum absolute atomic E-state index is 0.138. The summed E-state index contributed by atoms with van der Waals surface area (Å²) < 4.78 is 7.44. The van der Waals surface area contributed by atoms with Crippen molar-refractivity contribution in [2.24, 2.45) is 0 Å². The SMILES string of the molecule is CN(C)c1c2nc(Cl)nc-2ncn1C1C[C@H](O)[C@@H](CO)O1. The summed E-state index contributed by atoms with van der Waals surface area (Å²) >= 11 is 5.85. The van der Waals surface area contributed by atoms with Crippen LogP contribution >= 0.6 is 11.6 Å². The molecule has 2 N–H and O–H groups in total. The van der Waals surface area contributed by atoms with E-state index in [4.69, 9.17) is 16.3 Å². The highest BCUT2D eigenvalue weighted by Gasteiger charge is 2.36. The maximum absolute atomic E-state index is 9.89. The van der Waals surface area contributed by atoms with Gasteiger partial charge in [0.25, 0.3) is 0 Å². The molecule has 114 valence electrons. The molecule has 9 heteroatoms. The molecular weight excluding hydrogens is 298 g/mol. The minimum Gasteiger partial charge on any atom is -0.394 e. The number of aliphatic hydroxyl groups is 2. The van der Waals surface area contributed by atoms with Crippen molar-refractivity contribution < 1.29 is 14.9 Å². The number of aliphatic hydroxyl groups excluding tert-OH is 2. The lowest BCUT2D eigenvalue weighted by atomic mass is 10.2. The maximum atomic E-state index is 9.89. The average molecular weight is 314 g/mol. The van der Waals surface area contributed by atoms with Crippen molar-refractivity contribution in [2.75, 3.05) is 25.6 Å². The van der Waals surface area contributed by atoms with E-state index in [1.54, 1.807) is 10.9 Å². The summed E-state index contributed by atoms with van der Waals surface area (Å²) in [4.78, 5) is 14.3. The molecule has 8 nitrogen and oxygen atoms in total. The van der Waals surface area contributed by atoms with Crippen LogP contribution in [0.15, 0.2) is 6.33 Å². The number of nitrogens with zero attached hydrogens (tertiary/aromatic N) is 5. The first-order valence-electron chi connectivity index (χ1n) is 6.53. The lowest BCUT2D eigenvalue weighted by Gasteiger charge is -2.25. The number of rotatable bonds is 3. The fourth-order valence-electron chi connectivity index (χ4n) is 2.55. The zero-order valence-electron chi connectivity index (χ0n) is 11.6. The average Bonchev–Trinajstić information content (AvgIpc) is 2.98. The zero-order valence-corrected chi connectivity index (χ0v) is 12.4. The molecule has 21 heavy (non-hydrogen) atoms. The first-order chi connectivity index (χ1) is 10.0. The highest BCUT2D eigenvalue weighted by Crippen LogP contribution is 2.36. The Morgan fingerprint density at radius 2 is 2.24 bits per heavy atom. The third kappa shape index (κ3) is 2.44. The quantitative estimate of drug-likeness (QED) is 0.778. The van der Waals surface area contributed by atoms with Crippen LogP contribution in [0.25, 0.3) is 11.5 Å². The first-order valence-corrected chi connectivity index (χ1v) is 6.91. The molecule has 1 saturated heterocycles. The molecule has 0 aromatic heterocycles. The van der Waals surface area contributed by atoms with E-state index < -0.39 is 18.4 Å². The van der Waals surface area contributed by atoms with Crippen LogP contribution in [-0.4, -0.2) is 62.6 Å². The number of fused-ring (bicyclic) bond motifs is 1. The van der Waals surface area contributed by atoms with Crippen LogP contribution in [-0.2, 0) is 4.74 Å². The van der Waals surface area contributed by atoms with Crippen LogP contribution in [0.3, 0.4) is 0 Å². The summed E-state index contributed by atoms with van der Waals surface area (Å²) in [6.45, 7) is -0.229. The number of aromatic nitrogens is 4. The predicted molar refractivity (Wildman–Crippen MR) is 75.4 cm³/mol. The molecule has 3 aliphatic heterocycles. The first kappa shape index (κ1) is 14.5. The summed E-state index contributed by atoms with van der Waals surface area (Å²) in [6.07, 6.45) is 0.211. The van der Waals surface area contributed by atoms with Gasteiger partial charge in [0.05, 0.1) is 12.7 Å². The Labute approximate surface area is 126 Å². The fraction of sp³-hybridized carbons (Fsp3) is 0.583. The van der Waals surface area contributed by atoms with Gasteiger partial charge in [-0.05, 0) is 11.6 Å². The Hall–Kier alpha value is -1.48. The van der Waals surface area contributed by atoms with Crippen LogP contribution in [0, 0.1) is 0 Å². The molecule has 0 bridgehead atoms. The van der Waals surface area contributed by atoms with Gasteiger partial charge in [-0.2, -0.15) is 4.98 Å². The molecule has 0 radical (unpaired) electrons. The normalized spacial score (nSPS) is 25.7. The number of imidazole rings is 1. The largest absolute Gasteiger partial charge is 0.394 e. The van der Waals surface area contributed by atoms with Gasteiger partial charge in [-0.1, -0.05) is 0 Å². The summed E-state index contributed by atoms with van der Waals surface area (Å²) in [5, 5.41) is 19.2. The second kappa shape index (κ2) is 5.38. The Morgan fingerprint density at radius 1 is 1.48 bits per heavy atom. The third-order valence-electron chi connectivity index (χ3n) is 3.49. The second-order valence-electron chi connectivity index (χ2n) is 5.15. The van der Waals surface area contributed by atoms with Crippen molar-refractivity contribution in [1.29, 1.82) is 0 Å². The van der Waals surface area contributed by atoms with E-state index in [0.29, 0.717) is 17.9 Å². The highest BCUT2D eigenvalue weighted by molar-refractivity contribution is 6.28.